The fourth-order valence-corrected chi connectivity index (χ4v) is 3.74. The van der Waals surface area contributed by atoms with Crippen LogP contribution in [0.4, 0.5) is 18.9 Å². The van der Waals surface area contributed by atoms with Gasteiger partial charge in [-0.3, -0.25) is 14.2 Å². The Bertz CT molecular complexity index is 953. The Morgan fingerprint density at radius 1 is 1.27 bits per heavy atom. The summed E-state index contributed by atoms with van der Waals surface area (Å²) < 4.78 is 64.8. The number of alkyl halides is 3. The molecular formula is C15H15F3N4O3S. The molecule has 1 amide bonds. The highest BCUT2D eigenvalue weighted by Crippen LogP contribution is 2.26. The number of anilines is 1. The normalized spacial score (nSPS) is 14.4. The maximum absolute atomic E-state index is 12.5. The molecule has 3 rings (SSSR count). The summed E-state index contributed by atoms with van der Waals surface area (Å²) in [7, 11) is -3.99. The molecule has 1 N–H and O–H groups in total. The summed E-state index contributed by atoms with van der Waals surface area (Å²) in [5, 5.41) is 3.49. The molecule has 0 unspecified atom stereocenters. The van der Waals surface area contributed by atoms with Gasteiger partial charge in [0.05, 0.1) is 16.8 Å². The van der Waals surface area contributed by atoms with Crippen molar-refractivity contribution < 1.29 is 26.4 Å². The van der Waals surface area contributed by atoms with Gasteiger partial charge in [0.15, 0.2) is 0 Å². The molecule has 0 bridgehead atoms. The van der Waals surface area contributed by atoms with Gasteiger partial charge in [0, 0.05) is 26.2 Å². The van der Waals surface area contributed by atoms with Crippen molar-refractivity contribution in [3.8, 4) is 0 Å². The minimum Gasteiger partial charge on any atom is -0.334 e. The molecule has 0 atom stereocenters. The standard InChI is InChI=1S/C15H15F3N4O3S/c1-10(23)21-6-11-2-3-14(4-12(11)7-21)26(24,25)20-13-5-19-22(8-13)9-15(16,17)18/h2-5,8,20H,6-7,9H2,1H3. The van der Waals surface area contributed by atoms with Crippen molar-refractivity contribution in [2.24, 2.45) is 0 Å². The van der Waals surface area contributed by atoms with Gasteiger partial charge < -0.3 is 4.90 Å². The van der Waals surface area contributed by atoms with Crippen LogP contribution in [0.2, 0.25) is 0 Å². The van der Waals surface area contributed by atoms with Crippen molar-refractivity contribution >= 4 is 21.6 Å². The zero-order valence-corrected chi connectivity index (χ0v) is 14.4. The number of sulfonamides is 1. The number of hydrogen-bond acceptors (Lipinski definition) is 4. The lowest BCUT2D eigenvalue weighted by Crippen LogP contribution is -2.21. The first kappa shape index (κ1) is 18.2. The van der Waals surface area contributed by atoms with E-state index in [2.05, 4.69) is 9.82 Å². The van der Waals surface area contributed by atoms with Crippen molar-refractivity contribution in [3.05, 3.63) is 41.7 Å². The van der Waals surface area contributed by atoms with Crippen molar-refractivity contribution in [1.82, 2.24) is 14.7 Å². The number of halogens is 3. The highest BCUT2D eigenvalue weighted by Gasteiger charge is 2.29. The van der Waals surface area contributed by atoms with Gasteiger partial charge in [0.2, 0.25) is 5.91 Å². The molecule has 0 saturated carbocycles. The Balaban J connectivity index is 1.78. The molecule has 1 aromatic carbocycles. The minimum absolute atomic E-state index is 0.0368. The number of nitrogens with zero attached hydrogens (tertiary/aromatic N) is 3. The topological polar surface area (TPSA) is 84.3 Å². The molecule has 1 aliphatic heterocycles. The second-order valence-corrected chi connectivity index (χ2v) is 7.64. The van der Waals surface area contributed by atoms with Crippen LogP contribution in [0.1, 0.15) is 18.1 Å². The molecule has 1 aliphatic rings. The number of fused-ring (bicyclic) bond motifs is 1. The highest BCUT2D eigenvalue weighted by molar-refractivity contribution is 7.92. The Morgan fingerprint density at radius 3 is 2.62 bits per heavy atom. The zero-order valence-electron chi connectivity index (χ0n) is 13.6. The molecule has 0 fully saturated rings. The van der Waals surface area contributed by atoms with Crippen LogP contribution in [-0.4, -0.2) is 35.2 Å². The smallest absolute Gasteiger partial charge is 0.334 e. The molecule has 140 valence electrons. The van der Waals surface area contributed by atoms with Crippen LogP contribution in [0.15, 0.2) is 35.5 Å². The molecule has 1 aromatic heterocycles. The van der Waals surface area contributed by atoms with Crippen LogP contribution in [0.3, 0.4) is 0 Å². The molecule has 2 heterocycles. The van der Waals surface area contributed by atoms with E-state index < -0.39 is 22.7 Å². The summed E-state index contributed by atoms with van der Waals surface area (Å²) in [5.74, 6) is -0.110. The molecule has 0 saturated heterocycles. The Labute approximate surface area is 147 Å². The van der Waals surface area contributed by atoms with E-state index in [4.69, 9.17) is 0 Å². The number of carbonyl (C=O) groups excluding carboxylic acids is 1. The van der Waals surface area contributed by atoms with E-state index in [1.54, 1.807) is 11.0 Å². The Hall–Kier alpha value is -2.56. The number of carbonyl (C=O) groups is 1. The van der Waals surface area contributed by atoms with Crippen LogP contribution in [0.25, 0.3) is 0 Å². The maximum atomic E-state index is 12.5. The van der Waals surface area contributed by atoms with E-state index in [-0.39, 0.29) is 16.5 Å². The van der Waals surface area contributed by atoms with E-state index >= 15 is 0 Å². The number of rotatable bonds is 4. The Morgan fingerprint density at radius 2 is 1.96 bits per heavy atom. The fourth-order valence-electron chi connectivity index (χ4n) is 2.66. The third kappa shape index (κ3) is 3.98. The molecule has 26 heavy (non-hydrogen) atoms. The lowest BCUT2D eigenvalue weighted by Gasteiger charge is -2.11. The number of hydrogen-bond donors (Lipinski definition) is 1. The average molecular weight is 388 g/mol. The lowest BCUT2D eigenvalue weighted by molar-refractivity contribution is -0.142. The van der Waals surface area contributed by atoms with Crippen molar-refractivity contribution in [2.45, 2.75) is 37.6 Å². The molecule has 0 aliphatic carbocycles. The summed E-state index contributed by atoms with van der Waals surface area (Å²) in [4.78, 5) is 13.0. The third-order valence-electron chi connectivity index (χ3n) is 3.88. The molecule has 0 radical (unpaired) electrons. The second kappa shape index (κ2) is 6.31. The number of amides is 1. The first-order valence-corrected chi connectivity index (χ1v) is 9.01. The van der Waals surface area contributed by atoms with Crippen molar-refractivity contribution in [3.63, 3.8) is 0 Å². The molecular weight excluding hydrogens is 373 g/mol. The van der Waals surface area contributed by atoms with E-state index in [9.17, 15) is 26.4 Å². The van der Waals surface area contributed by atoms with Gasteiger partial charge >= 0.3 is 6.18 Å². The summed E-state index contributed by atoms with van der Waals surface area (Å²) in [5.41, 5.74) is 1.51. The molecule has 2 aromatic rings. The third-order valence-corrected chi connectivity index (χ3v) is 5.26. The van der Waals surface area contributed by atoms with Gasteiger partial charge in [-0.2, -0.15) is 18.3 Å². The predicted molar refractivity (Wildman–Crippen MR) is 85.5 cm³/mol. The maximum Gasteiger partial charge on any atom is 0.408 e. The number of aromatic nitrogens is 2. The Kier molecular flexibility index (Phi) is 4.42. The van der Waals surface area contributed by atoms with Crippen LogP contribution < -0.4 is 4.72 Å². The first-order chi connectivity index (χ1) is 12.0. The molecule has 11 heteroatoms. The van der Waals surface area contributed by atoms with Gasteiger partial charge in [0.1, 0.15) is 6.54 Å². The predicted octanol–water partition coefficient (Wildman–Crippen LogP) is 2.11. The van der Waals surface area contributed by atoms with Crippen molar-refractivity contribution in [1.29, 1.82) is 0 Å². The van der Waals surface area contributed by atoms with Crippen molar-refractivity contribution in [2.75, 3.05) is 4.72 Å². The molecule has 7 nitrogen and oxygen atoms in total. The van der Waals surface area contributed by atoms with Gasteiger partial charge in [-0.1, -0.05) is 6.07 Å². The summed E-state index contributed by atoms with van der Waals surface area (Å²) in [6.07, 6.45) is -2.48. The zero-order chi connectivity index (χ0) is 19.1. The number of nitrogens with one attached hydrogen (secondary N) is 1. The van der Waals surface area contributed by atoms with Gasteiger partial charge in [-0.25, -0.2) is 8.42 Å². The second-order valence-electron chi connectivity index (χ2n) is 5.95. The van der Waals surface area contributed by atoms with Crippen LogP contribution in [0, 0.1) is 0 Å². The summed E-state index contributed by atoms with van der Waals surface area (Å²) >= 11 is 0. The lowest BCUT2D eigenvalue weighted by atomic mass is 10.1. The fraction of sp³-hybridized carbons (Fsp3) is 0.333. The van der Waals surface area contributed by atoms with Gasteiger partial charge in [-0.15, -0.1) is 0 Å². The summed E-state index contributed by atoms with van der Waals surface area (Å²) in [6.45, 7) is 0.859. The van der Waals surface area contributed by atoms with E-state index in [0.717, 1.165) is 23.5 Å². The first-order valence-electron chi connectivity index (χ1n) is 7.53. The van der Waals surface area contributed by atoms with Crippen LogP contribution >= 0.6 is 0 Å². The highest BCUT2D eigenvalue weighted by atomic mass is 32.2. The van der Waals surface area contributed by atoms with Crippen LogP contribution in [0.5, 0.6) is 0 Å². The van der Waals surface area contributed by atoms with Crippen LogP contribution in [-0.2, 0) is 34.5 Å². The summed E-state index contributed by atoms with van der Waals surface area (Å²) in [6, 6.07) is 4.48. The van der Waals surface area contributed by atoms with Gasteiger partial charge in [0.25, 0.3) is 10.0 Å². The van der Waals surface area contributed by atoms with E-state index in [0.29, 0.717) is 17.8 Å². The molecule has 0 spiro atoms. The van der Waals surface area contributed by atoms with Gasteiger partial charge in [-0.05, 0) is 23.3 Å². The monoisotopic (exact) mass is 388 g/mol. The van der Waals surface area contributed by atoms with E-state index in [1.807, 2.05) is 0 Å². The van der Waals surface area contributed by atoms with E-state index in [1.165, 1.54) is 19.1 Å². The minimum atomic E-state index is -4.45. The SMILES string of the molecule is CC(=O)N1Cc2ccc(S(=O)(=O)Nc3cnn(CC(F)(F)F)c3)cc2C1. The quantitative estimate of drug-likeness (QED) is 0.870. The number of benzene rings is 1. The average Bonchev–Trinajstić information content (AvgIpc) is 3.10. The largest absolute Gasteiger partial charge is 0.408 e.